The number of ether oxygens (including phenoxy) is 1. The van der Waals surface area contributed by atoms with Gasteiger partial charge in [0.2, 0.25) is 5.65 Å². The molecule has 0 unspecified atom stereocenters. The molecule has 0 spiro atoms. The van der Waals surface area contributed by atoms with Gasteiger partial charge >= 0.3 is 0 Å². The maximum Gasteiger partial charge on any atom is 0.265 e. The molecule has 3 rings (SSSR count). The van der Waals surface area contributed by atoms with Gasteiger partial charge in [-0.25, -0.2) is 13.8 Å². The van der Waals surface area contributed by atoms with E-state index in [1.807, 2.05) is 0 Å². The van der Waals surface area contributed by atoms with Crippen LogP contribution in [0.5, 0.6) is 11.6 Å². The molecule has 5 nitrogen and oxygen atoms in total. The summed E-state index contributed by atoms with van der Waals surface area (Å²) in [5.74, 6) is -0.900. The van der Waals surface area contributed by atoms with Crippen LogP contribution in [-0.4, -0.2) is 21.4 Å². The lowest BCUT2D eigenvalue weighted by Gasteiger charge is -2.09. The number of aromatic nitrogens is 3. The maximum absolute atomic E-state index is 13.6. The Labute approximate surface area is 112 Å². The van der Waals surface area contributed by atoms with Gasteiger partial charge in [0.1, 0.15) is 11.6 Å². The van der Waals surface area contributed by atoms with Gasteiger partial charge in [-0.2, -0.15) is 4.98 Å². The Balaban J connectivity index is 2.09. The third-order valence-electron chi connectivity index (χ3n) is 2.70. The average molecular weight is 276 g/mol. The second kappa shape index (κ2) is 4.76. The van der Waals surface area contributed by atoms with Crippen molar-refractivity contribution in [2.24, 2.45) is 0 Å². The van der Waals surface area contributed by atoms with E-state index in [2.05, 4.69) is 15.3 Å². The van der Waals surface area contributed by atoms with Crippen molar-refractivity contribution in [1.29, 1.82) is 0 Å². The van der Waals surface area contributed by atoms with Crippen LogP contribution in [0.3, 0.4) is 0 Å². The number of hydrogen-bond donors (Lipinski definition) is 1. The van der Waals surface area contributed by atoms with Gasteiger partial charge in [0.05, 0.1) is 6.20 Å². The van der Waals surface area contributed by atoms with E-state index in [0.717, 1.165) is 18.2 Å². The van der Waals surface area contributed by atoms with Gasteiger partial charge in [-0.15, -0.1) is 0 Å². The highest BCUT2D eigenvalue weighted by atomic mass is 19.1. The van der Waals surface area contributed by atoms with Gasteiger partial charge < -0.3 is 10.1 Å². The maximum atomic E-state index is 13.6. The summed E-state index contributed by atoms with van der Waals surface area (Å²) in [5, 5.41) is 2.85. The van der Waals surface area contributed by atoms with Crippen molar-refractivity contribution in [3.05, 3.63) is 48.4 Å². The minimum Gasteiger partial charge on any atom is -0.433 e. The average Bonchev–Trinajstić information content (AvgIpc) is 2.91. The highest BCUT2D eigenvalue weighted by molar-refractivity contribution is 5.55. The summed E-state index contributed by atoms with van der Waals surface area (Å²) >= 11 is 0. The largest absolute Gasteiger partial charge is 0.433 e. The van der Waals surface area contributed by atoms with E-state index < -0.39 is 11.6 Å². The van der Waals surface area contributed by atoms with Crippen LogP contribution in [0.4, 0.5) is 14.6 Å². The van der Waals surface area contributed by atoms with Gasteiger partial charge in [0.25, 0.3) is 5.88 Å². The quantitative estimate of drug-likeness (QED) is 0.799. The van der Waals surface area contributed by atoms with Gasteiger partial charge in [0, 0.05) is 25.5 Å². The fourth-order valence-electron chi connectivity index (χ4n) is 1.75. The molecule has 0 saturated carbocycles. The first kappa shape index (κ1) is 12.3. The number of nitrogens with one attached hydrogen (secondary N) is 1. The van der Waals surface area contributed by atoms with E-state index in [1.165, 1.54) is 0 Å². The van der Waals surface area contributed by atoms with E-state index in [1.54, 1.807) is 30.0 Å². The van der Waals surface area contributed by atoms with Gasteiger partial charge in [-0.05, 0) is 12.1 Å². The van der Waals surface area contributed by atoms with E-state index in [4.69, 9.17) is 4.74 Å². The van der Waals surface area contributed by atoms with E-state index in [0.29, 0.717) is 11.5 Å². The summed E-state index contributed by atoms with van der Waals surface area (Å²) in [6, 6.07) is 2.97. The molecule has 2 aromatic heterocycles. The predicted molar refractivity (Wildman–Crippen MR) is 69.0 cm³/mol. The topological polar surface area (TPSA) is 51.5 Å². The minimum atomic E-state index is -0.673. The fourth-order valence-corrected chi connectivity index (χ4v) is 1.75. The third kappa shape index (κ3) is 2.13. The van der Waals surface area contributed by atoms with Crippen molar-refractivity contribution in [3.63, 3.8) is 0 Å². The summed E-state index contributed by atoms with van der Waals surface area (Å²) in [5.41, 5.74) is 0.410. The number of halogens is 2. The Morgan fingerprint density at radius 3 is 2.95 bits per heavy atom. The summed E-state index contributed by atoms with van der Waals surface area (Å²) in [6.07, 6.45) is 4.97. The van der Waals surface area contributed by atoms with Gasteiger partial charge in [-0.1, -0.05) is 0 Å². The highest BCUT2D eigenvalue weighted by Crippen LogP contribution is 2.27. The number of benzene rings is 1. The summed E-state index contributed by atoms with van der Waals surface area (Å²) in [4.78, 5) is 8.23. The second-order valence-corrected chi connectivity index (χ2v) is 4.02. The summed E-state index contributed by atoms with van der Waals surface area (Å²) in [6.45, 7) is 0. The van der Waals surface area contributed by atoms with Crippen molar-refractivity contribution in [1.82, 2.24) is 14.4 Å². The number of imidazole rings is 1. The molecule has 0 atom stereocenters. The molecule has 0 aliphatic carbocycles. The van der Waals surface area contributed by atoms with Crippen molar-refractivity contribution >= 4 is 11.5 Å². The Hall–Kier alpha value is -2.70. The molecule has 7 heteroatoms. The first-order chi connectivity index (χ1) is 9.67. The van der Waals surface area contributed by atoms with Gasteiger partial charge in [0.15, 0.2) is 11.6 Å². The van der Waals surface area contributed by atoms with Crippen LogP contribution in [0.25, 0.3) is 5.65 Å². The fraction of sp³-hybridized carbons (Fsp3) is 0.0769. The number of anilines is 1. The molecule has 0 fully saturated rings. The zero-order chi connectivity index (χ0) is 14.1. The van der Waals surface area contributed by atoms with Crippen LogP contribution >= 0.6 is 0 Å². The Morgan fingerprint density at radius 2 is 2.15 bits per heavy atom. The zero-order valence-corrected chi connectivity index (χ0v) is 10.5. The normalized spacial score (nSPS) is 10.8. The van der Waals surface area contributed by atoms with Crippen LogP contribution < -0.4 is 10.1 Å². The molecule has 0 saturated heterocycles. The lowest BCUT2D eigenvalue weighted by Crippen LogP contribution is -2.00. The van der Waals surface area contributed by atoms with Crippen LogP contribution in [0.2, 0.25) is 0 Å². The van der Waals surface area contributed by atoms with Crippen molar-refractivity contribution in [2.45, 2.75) is 0 Å². The van der Waals surface area contributed by atoms with Gasteiger partial charge in [-0.3, -0.25) is 4.40 Å². The number of nitrogens with zero attached hydrogens (tertiary/aromatic N) is 3. The second-order valence-electron chi connectivity index (χ2n) is 4.02. The molecule has 0 bridgehead atoms. The molecule has 2 heterocycles. The Kier molecular flexibility index (Phi) is 2.94. The monoisotopic (exact) mass is 276 g/mol. The predicted octanol–water partition coefficient (Wildman–Crippen LogP) is 2.84. The standard InChI is InChI=1S/C13H10F2N4O/c1-16-11-7-19-5-4-17-12(19)13(18-11)20-10-6-8(14)2-3-9(10)15/h2-7,16H,1H3. The molecule has 0 aliphatic rings. The van der Waals surface area contributed by atoms with Crippen molar-refractivity contribution in [3.8, 4) is 11.6 Å². The first-order valence-electron chi connectivity index (χ1n) is 5.82. The van der Waals surface area contributed by atoms with Crippen LogP contribution in [0.15, 0.2) is 36.8 Å². The lowest BCUT2D eigenvalue weighted by atomic mass is 10.3. The van der Waals surface area contributed by atoms with E-state index in [-0.39, 0.29) is 11.6 Å². The summed E-state index contributed by atoms with van der Waals surface area (Å²) in [7, 11) is 1.69. The van der Waals surface area contributed by atoms with Crippen molar-refractivity contribution < 1.29 is 13.5 Å². The van der Waals surface area contributed by atoms with Crippen LogP contribution in [-0.2, 0) is 0 Å². The molecular formula is C13H10F2N4O. The van der Waals surface area contributed by atoms with Crippen molar-refractivity contribution in [2.75, 3.05) is 12.4 Å². The number of hydrogen-bond acceptors (Lipinski definition) is 4. The molecule has 0 aliphatic heterocycles. The molecule has 0 radical (unpaired) electrons. The summed E-state index contributed by atoms with van der Waals surface area (Å²) < 4.78 is 33.8. The minimum absolute atomic E-state index is 0.0892. The third-order valence-corrected chi connectivity index (χ3v) is 2.70. The van der Waals surface area contributed by atoms with E-state index in [9.17, 15) is 8.78 Å². The molecular weight excluding hydrogens is 266 g/mol. The Morgan fingerprint density at radius 1 is 1.30 bits per heavy atom. The molecule has 102 valence electrons. The van der Waals surface area contributed by atoms with E-state index >= 15 is 0 Å². The SMILES string of the molecule is CNc1cn2ccnc2c(Oc2cc(F)ccc2F)n1. The number of rotatable bonds is 3. The van der Waals surface area contributed by atoms with Crippen LogP contribution in [0, 0.1) is 11.6 Å². The molecule has 0 amide bonds. The molecule has 1 aromatic carbocycles. The smallest absolute Gasteiger partial charge is 0.265 e. The first-order valence-corrected chi connectivity index (χ1v) is 5.82. The lowest BCUT2D eigenvalue weighted by molar-refractivity contribution is 0.425. The molecule has 20 heavy (non-hydrogen) atoms. The van der Waals surface area contributed by atoms with Crippen LogP contribution in [0.1, 0.15) is 0 Å². The molecule has 1 N–H and O–H groups in total. The number of fused-ring (bicyclic) bond motifs is 1. The Bertz CT molecular complexity index is 772. The molecule has 3 aromatic rings. The highest BCUT2D eigenvalue weighted by Gasteiger charge is 2.12. The zero-order valence-electron chi connectivity index (χ0n) is 10.5.